The fraction of sp³-hybridized carbons (Fsp3) is 0.556. The topological polar surface area (TPSA) is 34.2 Å². The molecule has 2 heterocycles. The van der Waals surface area contributed by atoms with E-state index in [9.17, 15) is 0 Å². The van der Waals surface area contributed by atoms with Gasteiger partial charge in [0.15, 0.2) is 11.5 Å². The van der Waals surface area contributed by atoms with Crippen molar-refractivity contribution in [3.05, 3.63) is 53.6 Å². The van der Waals surface area contributed by atoms with Crippen LogP contribution < -0.4 is 14.2 Å². The summed E-state index contributed by atoms with van der Waals surface area (Å²) in [6, 6.07) is 15.8. The summed E-state index contributed by atoms with van der Waals surface area (Å²) < 4.78 is 16.6. The first-order chi connectivity index (χ1) is 15.5. The van der Waals surface area contributed by atoms with Crippen molar-refractivity contribution in [3.63, 3.8) is 0 Å². The molecule has 2 aromatic carbocycles. The quantitative estimate of drug-likeness (QED) is 0.579. The normalized spacial score (nSPS) is 20.9. The van der Waals surface area contributed by atoms with Crippen LogP contribution in [0, 0.1) is 11.3 Å². The van der Waals surface area contributed by atoms with E-state index in [1.165, 1.54) is 37.1 Å². The third-order valence-corrected chi connectivity index (χ3v) is 7.16. The molecule has 5 heteroatoms. The zero-order valence-corrected chi connectivity index (χ0v) is 20.3. The Morgan fingerprint density at radius 1 is 0.938 bits per heavy atom. The highest BCUT2D eigenvalue weighted by molar-refractivity contribution is 5.53. The lowest BCUT2D eigenvalue weighted by Crippen LogP contribution is -2.62. The molecule has 0 amide bonds. The fourth-order valence-electron chi connectivity index (χ4n) is 5.77. The third kappa shape index (κ3) is 4.46. The predicted octanol–water partition coefficient (Wildman–Crippen LogP) is 5.01. The second-order valence-electron chi connectivity index (χ2n) is 9.81. The van der Waals surface area contributed by atoms with Crippen LogP contribution >= 0.6 is 0 Å². The van der Waals surface area contributed by atoms with Crippen molar-refractivity contribution in [2.24, 2.45) is 11.3 Å². The minimum atomic E-state index is 0.405. The van der Waals surface area contributed by atoms with Crippen LogP contribution in [0.3, 0.4) is 0 Å². The van der Waals surface area contributed by atoms with Gasteiger partial charge in [0.25, 0.3) is 0 Å². The largest absolute Gasteiger partial charge is 0.493 e. The van der Waals surface area contributed by atoms with Gasteiger partial charge in [0.1, 0.15) is 0 Å². The monoisotopic (exact) mass is 438 g/mol. The molecule has 2 saturated heterocycles. The van der Waals surface area contributed by atoms with Gasteiger partial charge < -0.3 is 14.2 Å². The minimum Gasteiger partial charge on any atom is -0.493 e. The molecule has 2 aromatic rings. The number of likely N-dealkylation sites (tertiary alicyclic amines) is 2. The number of hydrogen-bond donors (Lipinski definition) is 0. The maximum Gasteiger partial charge on any atom is 0.203 e. The van der Waals surface area contributed by atoms with Gasteiger partial charge in [-0.15, -0.1) is 0 Å². The molecule has 0 N–H and O–H groups in total. The molecule has 0 aliphatic carbocycles. The van der Waals surface area contributed by atoms with Crippen LogP contribution in [0.1, 0.15) is 43.9 Å². The predicted molar refractivity (Wildman–Crippen MR) is 129 cm³/mol. The van der Waals surface area contributed by atoms with Crippen molar-refractivity contribution < 1.29 is 14.2 Å². The number of nitrogens with zero attached hydrogens (tertiary/aromatic N) is 2. The first-order valence-electron chi connectivity index (χ1n) is 11.8. The lowest BCUT2D eigenvalue weighted by molar-refractivity contribution is -0.117. The van der Waals surface area contributed by atoms with E-state index >= 15 is 0 Å². The number of benzene rings is 2. The SMILES string of the molecule is COc1cc(CN2CCC3(CC2)CN(CC(C)C)C3c2ccccc2)cc(OC)c1OC. The molecule has 0 radical (unpaired) electrons. The van der Waals surface area contributed by atoms with Crippen molar-refractivity contribution >= 4 is 0 Å². The van der Waals surface area contributed by atoms with Crippen LogP contribution in [0.2, 0.25) is 0 Å². The second-order valence-corrected chi connectivity index (χ2v) is 9.81. The molecule has 0 aromatic heterocycles. The summed E-state index contributed by atoms with van der Waals surface area (Å²) in [4.78, 5) is 5.27. The van der Waals surface area contributed by atoms with Gasteiger partial charge in [-0.3, -0.25) is 9.80 Å². The van der Waals surface area contributed by atoms with Gasteiger partial charge in [0, 0.05) is 31.1 Å². The number of rotatable bonds is 8. The molecule has 174 valence electrons. The van der Waals surface area contributed by atoms with E-state index in [1.807, 2.05) is 0 Å². The Kier molecular flexibility index (Phi) is 6.96. The lowest BCUT2D eigenvalue weighted by atomic mass is 9.63. The molecule has 2 aliphatic rings. The summed E-state index contributed by atoms with van der Waals surface area (Å²) >= 11 is 0. The van der Waals surface area contributed by atoms with Crippen LogP contribution in [0.5, 0.6) is 17.2 Å². The Labute approximate surface area is 193 Å². The molecule has 5 nitrogen and oxygen atoms in total. The van der Waals surface area contributed by atoms with Gasteiger partial charge in [-0.25, -0.2) is 0 Å². The summed E-state index contributed by atoms with van der Waals surface area (Å²) in [5.74, 6) is 2.80. The molecule has 0 saturated carbocycles. The third-order valence-electron chi connectivity index (χ3n) is 7.16. The van der Waals surface area contributed by atoms with Gasteiger partial charge >= 0.3 is 0 Å². The van der Waals surface area contributed by atoms with Crippen LogP contribution in [-0.4, -0.2) is 57.3 Å². The summed E-state index contributed by atoms with van der Waals surface area (Å²) in [6.07, 6.45) is 2.48. The van der Waals surface area contributed by atoms with E-state index in [-0.39, 0.29) is 0 Å². The second kappa shape index (κ2) is 9.72. The fourth-order valence-corrected chi connectivity index (χ4v) is 5.77. The van der Waals surface area contributed by atoms with Crippen LogP contribution in [0.4, 0.5) is 0 Å². The van der Waals surface area contributed by atoms with Gasteiger partial charge in [0.2, 0.25) is 5.75 Å². The zero-order chi connectivity index (χ0) is 22.7. The molecule has 4 rings (SSSR count). The highest BCUT2D eigenvalue weighted by Gasteiger charge is 2.53. The first kappa shape index (κ1) is 22.9. The highest BCUT2D eigenvalue weighted by Crippen LogP contribution is 2.55. The zero-order valence-electron chi connectivity index (χ0n) is 20.3. The number of ether oxygens (including phenoxy) is 3. The number of piperidine rings is 1. The molecular formula is C27H38N2O3. The molecule has 1 atom stereocenters. The van der Waals surface area contributed by atoms with Gasteiger partial charge in [-0.1, -0.05) is 44.2 Å². The molecule has 32 heavy (non-hydrogen) atoms. The van der Waals surface area contributed by atoms with E-state index in [1.54, 1.807) is 21.3 Å². The average molecular weight is 439 g/mol. The standard InChI is InChI=1S/C27H38N2O3/c1-20(2)17-29-19-27(26(29)22-9-7-6-8-10-22)11-13-28(14-12-27)18-21-15-23(30-3)25(32-5)24(16-21)31-4/h6-10,15-16,20,26H,11-14,17-19H2,1-5H3. The Bertz CT molecular complexity index is 866. The van der Waals surface area contributed by atoms with Crippen molar-refractivity contribution in [1.29, 1.82) is 0 Å². The van der Waals surface area contributed by atoms with Gasteiger partial charge in [-0.2, -0.15) is 0 Å². The lowest BCUT2D eigenvalue weighted by Gasteiger charge is -2.61. The molecule has 1 unspecified atom stereocenters. The summed E-state index contributed by atoms with van der Waals surface area (Å²) in [6.45, 7) is 10.2. The summed E-state index contributed by atoms with van der Waals surface area (Å²) in [5.41, 5.74) is 3.09. The summed E-state index contributed by atoms with van der Waals surface area (Å²) in [7, 11) is 5.00. The highest BCUT2D eigenvalue weighted by atomic mass is 16.5. The minimum absolute atomic E-state index is 0.405. The Hall–Kier alpha value is -2.24. The molecule has 0 bridgehead atoms. The van der Waals surface area contributed by atoms with Crippen molar-refractivity contribution in [2.75, 3.05) is 47.5 Å². The number of methoxy groups -OCH3 is 3. The van der Waals surface area contributed by atoms with E-state index in [0.29, 0.717) is 23.1 Å². The van der Waals surface area contributed by atoms with Crippen LogP contribution in [-0.2, 0) is 6.54 Å². The first-order valence-corrected chi connectivity index (χ1v) is 11.8. The summed E-state index contributed by atoms with van der Waals surface area (Å²) in [5, 5.41) is 0. The Morgan fingerprint density at radius 2 is 1.56 bits per heavy atom. The Balaban J connectivity index is 1.46. The van der Waals surface area contributed by atoms with E-state index in [2.05, 4.69) is 66.1 Å². The van der Waals surface area contributed by atoms with Crippen LogP contribution in [0.25, 0.3) is 0 Å². The maximum absolute atomic E-state index is 5.55. The number of hydrogen-bond acceptors (Lipinski definition) is 5. The van der Waals surface area contributed by atoms with E-state index in [4.69, 9.17) is 14.2 Å². The maximum atomic E-state index is 5.55. The van der Waals surface area contributed by atoms with Gasteiger partial charge in [-0.05, 0) is 55.1 Å². The average Bonchev–Trinajstić information content (AvgIpc) is 2.79. The molecular weight excluding hydrogens is 400 g/mol. The van der Waals surface area contributed by atoms with E-state index < -0.39 is 0 Å². The molecule has 2 aliphatic heterocycles. The molecule has 1 spiro atoms. The van der Waals surface area contributed by atoms with Crippen molar-refractivity contribution in [2.45, 2.75) is 39.3 Å². The Morgan fingerprint density at radius 3 is 2.09 bits per heavy atom. The van der Waals surface area contributed by atoms with Crippen molar-refractivity contribution in [3.8, 4) is 17.2 Å². The van der Waals surface area contributed by atoms with Gasteiger partial charge in [0.05, 0.1) is 21.3 Å². The van der Waals surface area contributed by atoms with E-state index in [0.717, 1.165) is 31.1 Å². The smallest absolute Gasteiger partial charge is 0.203 e. The van der Waals surface area contributed by atoms with Crippen LogP contribution in [0.15, 0.2) is 42.5 Å². The molecule has 2 fully saturated rings. The van der Waals surface area contributed by atoms with Crippen molar-refractivity contribution in [1.82, 2.24) is 9.80 Å².